The third-order valence-electron chi connectivity index (χ3n) is 11.2. The first-order valence-corrected chi connectivity index (χ1v) is 19.9. The monoisotopic (exact) mass is 745 g/mol. The molecule has 4 aromatic heterocycles. The second-order valence-electron chi connectivity index (χ2n) is 14.4. The molecule has 57 heavy (non-hydrogen) atoms. The van der Waals surface area contributed by atoms with Gasteiger partial charge in [0.05, 0.1) is 27.8 Å². The maximum atomic E-state index is 5.24. The zero-order chi connectivity index (χ0) is 37.5. The highest BCUT2D eigenvalue weighted by Crippen LogP contribution is 2.44. The van der Waals surface area contributed by atoms with Crippen molar-refractivity contribution in [2.75, 3.05) is 0 Å². The number of hydrogen-bond acceptors (Lipinski definition) is 4. The van der Waals surface area contributed by atoms with Gasteiger partial charge < -0.3 is 9.13 Å². The normalized spacial score (nSPS) is 11.9. The molecule has 12 rings (SSSR count). The van der Waals surface area contributed by atoms with E-state index in [1.807, 2.05) is 47.7 Å². The first kappa shape index (κ1) is 31.9. The van der Waals surface area contributed by atoms with Gasteiger partial charge in [-0.2, -0.15) is 0 Å². The number of hydrogen-bond donors (Lipinski definition) is 0. The highest BCUT2D eigenvalue weighted by molar-refractivity contribution is 7.26. The maximum absolute atomic E-state index is 5.24. The molecule has 0 saturated carbocycles. The van der Waals surface area contributed by atoms with Gasteiger partial charge in [0.2, 0.25) is 0 Å². The van der Waals surface area contributed by atoms with Crippen LogP contribution in [0, 0.1) is 0 Å². The second kappa shape index (κ2) is 12.6. The van der Waals surface area contributed by atoms with E-state index in [0.29, 0.717) is 17.5 Å². The largest absolute Gasteiger partial charge is 0.309 e. The van der Waals surface area contributed by atoms with E-state index >= 15 is 0 Å². The zero-order valence-electron chi connectivity index (χ0n) is 30.5. The van der Waals surface area contributed by atoms with Gasteiger partial charge in [-0.05, 0) is 48.5 Å². The predicted octanol–water partition coefficient (Wildman–Crippen LogP) is 13.4. The fourth-order valence-electron chi connectivity index (χ4n) is 8.66. The Morgan fingerprint density at radius 1 is 0.368 bits per heavy atom. The minimum Gasteiger partial charge on any atom is -0.309 e. The van der Waals surface area contributed by atoms with Crippen LogP contribution < -0.4 is 0 Å². The first-order chi connectivity index (χ1) is 28.3. The van der Waals surface area contributed by atoms with Gasteiger partial charge in [0.1, 0.15) is 0 Å². The van der Waals surface area contributed by atoms with Crippen LogP contribution in [-0.2, 0) is 0 Å². The summed E-state index contributed by atoms with van der Waals surface area (Å²) < 4.78 is 7.43. The van der Waals surface area contributed by atoms with Crippen molar-refractivity contribution in [1.29, 1.82) is 0 Å². The molecular weight excluding hydrogens is 715 g/mol. The average Bonchev–Trinajstić information content (AvgIpc) is 3.94. The molecule has 266 valence electrons. The van der Waals surface area contributed by atoms with Crippen LogP contribution in [0.4, 0.5) is 0 Å². The zero-order valence-corrected chi connectivity index (χ0v) is 31.4. The molecule has 0 atom stereocenters. The van der Waals surface area contributed by atoms with Crippen molar-refractivity contribution in [3.05, 3.63) is 188 Å². The molecule has 0 saturated heterocycles. The standard InChI is InChI=1S/C51H31N5S/c1-3-15-32(16-4-1)49-52-50(33-17-5-2-6-18-33)54-51(53-49)40-28-27-34(31-45(40)56-41-23-11-7-19-35(41)36-20-8-12-24-42(36)56)55-43-25-13-9-22-39(43)47-44(55)30-29-38-37-21-10-14-26-46(37)57-48(38)47/h1-31H. The van der Waals surface area contributed by atoms with Gasteiger partial charge in [0, 0.05) is 64.1 Å². The molecule has 8 aromatic carbocycles. The summed E-state index contributed by atoms with van der Waals surface area (Å²) in [6.45, 7) is 0. The van der Waals surface area contributed by atoms with Crippen molar-refractivity contribution in [1.82, 2.24) is 24.1 Å². The van der Waals surface area contributed by atoms with Gasteiger partial charge in [0.15, 0.2) is 17.5 Å². The molecule has 0 aliphatic heterocycles. The number of thiophene rings is 1. The van der Waals surface area contributed by atoms with E-state index in [1.54, 1.807) is 0 Å². The SMILES string of the molecule is c1ccc(-c2nc(-c3ccccc3)nc(-c3ccc(-n4c5ccccc5c5c6sc7ccccc7c6ccc54)cc3-n3c4ccccc4c4ccccc43)n2)cc1. The quantitative estimate of drug-likeness (QED) is 0.176. The van der Waals surface area contributed by atoms with Crippen LogP contribution in [0.5, 0.6) is 0 Å². The summed E-state index contributed by atoms with van der Waals surface area (Å²) in [5, 5.41) is 7.51. The molecule has 4 heterocycles. The lowest BCUT2D eigenvalue weighted by molar-refractivity contribution is 1.06. The molecular formula is C51H31N5S. The van der Waals surface area contributed by atoms with Crippen LogP contribution in [0.15, 0.2) is 188 Å². The molecule has 6 heteroatoms. The summed E-state index contributed by atoms with van der Waals surface area (Å²) in [6.07, 6.45) is 0. The molecule has 0 aliphatic rings. The minimum atomic E-state index is 0.611. The molecule has 0 spiro atoms. The Morgan fingerprint density at radius 2 is 0.895 bits per heavy atom. The van der Waals surface area contributed by atoms with Crippen LogP contribution in [0.2, 0.25) is 0 Å². The summed E-state index contributed by atoms with van der Waals surface area (Å²) in [6, 6.07) is 66.6. The Morgan fingerprint density at radius 3 is 1.54 bits per heavy atom. The fourth-order valence-corrected chi connectivity index (χ4v) is 9.92. The Balaban J connectivity index is 1.18. The molecule has 0 bridgehead atoms. The van der Waals surface area contributed by atoms with Crippen molar-refractivity contribution in [2.24, 2.45) is 0 Å². The van der Waals surface area contributed by atoms with Crippen LogP contribution in [0.1, 0.15) is 0 Å². The number of para-hydroxylation sites is 3. The molecule has 0 radical (unpaired) electrons. The first-order valence-electron chi connectivity index (χ1n) is 19.1. The molecule has 5 nitrogen and oxygen atoms in total. The lowest BCUT2D eigenvalue weighted by Gasteiger charge is -2.17. The molecule has 0 aliphatic carbocycles. The predicted molar refractivity (Wildman–Crippen MR) is 238 cm³/mol. The Kier molecular flexibility index (Phi) is 7.03. The second-order valence-corrected chi connectivity index (χ2v) is 15.4. The summed E-state index contributed by atoms with van der Waals surface area (Å²) in [5.41, 5.74) is 9.40. The van der Waals surface area contributed by atoms with Crippen LogP contribution in [0.25, 0.3) is 109 Å². The Labute approximate surface area is 331 Å². The number of benzene rings is 8. The summed E-state index contributed by atoms with van der Waals surface area (Å²) in [5.74, 6) is 1.87. The smallest absolute Gasteiger partial charge is 0.166 e. The van der Waals surface area contributed by atoms with Gasteiger partial charge in [-0.25, -0.2) is 15.0 Å². The Hall–Kier alpha value is -7.41. The van der Waals surface area contributed by atoms with Crippen molar-refractivity contribution in [2.45, 2.75) is 0 Å². The van der Waals surface area contributed by atoms with Crippen molar-refractivity contribution in [3.63, 3.8) is 0 Å². The number of rotatable bonds is 5. The third-order valence-corrected chi connectivity index (χ3v) is 12.4. The van der Waals surface area contributed by atoms with Gasteiger partial charge >= 0.3 is 0 Å². The van der Waals surface area contributed by atoms with E-state index < -0.39 is 0 Å². The molecule has 0 amide bonds. The fraction of sp³-hybridized carbons (Fsp3) is 0. The molecule has 12 aromatic rings. The molecule has 0 unspecified atom stereocenters. The highest BCUT2D eigenvalue weighted by atomic mass is 32.1. The number of aromatic nitrogens is 5. The number of fused-ring (bicyclic) bond motifs is 10. The van der Waals surface area contributed by atoms with Gasteiger partial charge in [-0.3, -0.25) is 0 Å². The minimum absolute atomic E-state index is 0.611. The van der Waals surface area contributed by atoms with E-state index in [4.69, 9.17) is 15.0 Å². The van der Waals surface area contributed by atoms with E-state index in [0.717, 1.165) is 44.6 Å². The average molecular weight is 746 g/mol. The topological polar surface area (TPSA) is 48.5 Å². The van der Waals surface area contributed by atoms with E-state index in [1.165, 1.54) is 47.2 Å². The Bertz CT molecular complexity index is 3410. The number of nitrogens with zero attached hydrogens (tertiary/aromatic N) is 5. The molecule has 0 N–H and O–H groups in total. The maximum Gasteiger partial charge on any atom is 0.166 e. The highest BCUT2D eigenvalue weighted by Gasteiger charge is 2.22. The van der Waals surface area contributed by atoms with E-state index in [9.17, 15) is 0 Å². The van der Waals surface area contributed by atoms with E-state index in [2.05, 4.69) is 161 Å². The summed E-state index contributed by atoms with van der Waals surface area (Å²) in [7, 11) is 0. The van der Waals surface area contributed by atoms with Crippen molar-refractivity contribution >= 4 is 75.1 Å². The lowest BCUT2D eigenvalue weighted by atomic mass is 10.1. The summed E-state index contributed by atoms with van der Waals surface area (Å²) >= 11 is 1.88. The van der Waals surface area contributed by atoms with Crippen LogP contribution in [0.3, 0.4) is 0 Å². The van der Waals surface area contributed by atoms with Gasteiger partial charge in [-0.1, -0.05) is 140 Å². The third kappa shape index (κ3) is 4.91. The van der Waals surface area contributed by atoms with Gasteiger partial charge in [-0.15, -0.1) is 11.3 Å². The molecule has 0 fully saturated rings. The van der Waals surface area contributed by atoms with E-state index in [-0.39, 0.29) is 0 Å². The van der Waals surface area contributed by atoms with Crippen LogP contribution in [-0.4, -0.2) is 24.1 Å². The van der Waals surface area contributed by atoms with Gasteiger partial charge in [0.25, 0.3) is 0 Å². The lowest BCUT2D eigenvalue weighted by Crippen LogP contribution is -2.05. The summed E-state index contributed by atoms with van der Waals surface area (Å²) in [4.78, 5) is 15.5. The van der Waals surface area contributed by atoms with Crippen molar-refractivity contribution in [3.8, 4) is 45.5 Å². The van der Waals surface area contributed by atoms with Crippen molar-refractivity contribution < 1.29 is 0 Å². The van der Waals surface area contributed by atoms with Crippen LogP contribution >= 0.6 is 11.3 Å².